The molecular formula is C20H38O2. The Morgan fingerprint density at radius 1 is 0.727 bits per heavy atom. The first-order valence-electron chi connectivity index (χ1n) is 10.1. The summed E-state index contributed by atoms with van der Waals surface area (Å²) in [5.74, 6) is 3.11. The molecule has 0 radical (unpaired) electrons. The van der Waals surface area contributed by atoms with Crippen LogP contribution in [-0.2, 0) is 9.47 Å². The topological polar surface area (TPSA) is 18.5 Å². The van der Waals surface area contributed by atoms with Gasteiger partial charge >= 0.3 is 0 Å². The molecule has 1 heterocycles. The molecule has 1 saturated heterocycles. The van der Waals surface area contributed by atoms with E-state index in [9.17, 15) is 0 Å². The van der Waals surface area contributed by atoms with Crippen LogP contribution in [0.5, 0.6) is 0 Å². The summed E-state index contributed by atoms with van der Waals surface area (Å²) < 4.78 is 11.2. The molecular weight excluding hydrogens is 272 g/mol. The highest BCUT2D eigenvalue weighted by atomic mass is 16.7. The van der Waals surface area contributed by atoms with E-state index in [0.717, 1.165) is 43.8 Å². The van der Waals surface area contributed by atoms with Crippen LogP contribution in [0.3, 0.4) is 0 Å². The molecule has 130 valence electrons. The molecule has 1 aliphatic carbocycles. The van der Waals surface area contributed by atoms with Crippen LogP contribution in [0, 0.1) is 17.8 Å². The SMILES string of the molecule is CCC1CC(CC)C(CCCCCCCC2OCCCO2)C1. The highest BCUT2D eigenvalue weighted by Crippen LogP contribution is 2.42. The number of hydrogen-bond donors (Lipinski definition) is 0. The standard InChI is InChI=1S/C20H38O2/c1-3-17-15-18(4-2)19(16-17)11-8-6-5-7-9-12-20-21-13-10-14-22-20/h17-20H,3-16H2,1-2H3. The molecule has 0 aromatic carbocycles. The van der Waals surface area contributed by atoms with Crippen molar-refractivity contribution in [3.05, 3.63) is 0 Å². The Kier molecular flexibility index (Phi) is 8.84. The van der Waals surface area contributed by atoms with E-state index >= 15 is 0 Å². The van der Waals surface area contributed by atoms with Crippen molar-refractivity contribution in [1.82, 2.24) is 0 Å². The Morgan fingerprint density at radius 3 is 2.05 bits per heavy atom. The second-order valence-corrected chi connectivity index (χ2v) is 7.54. The minimum absolute atomic E-state index is 0.100. The normalized spacial score (nSPS) is 30.0. The van der Waals surface area contributed by atoms with Crippen LogP contribution in [0.2, 0.25) is 0 Å². The lowest BCUT2D eigenvalue weighted by Crippen LogP contribution is -2.24. The van der Waals surface area contributed by atoms with Gasteiger partial charge in [-0.15, -0.1) is 0 Å². The first-order valence-corrected chi connectivity index (χ1v) is 10.1. The highest BCUT2D eigenvalue weighted by Gasteiger charge is 2.31. The third kappa shape index (κ3) is 6.20. The van der Waals surface area contributed by atoms with Crippen molar-refractivity contribution in [2.75, 3.05) is 13.2 Å². The molecule has 22 heavy (non-hydrogen) atoms. The maximum absolute atomic E-state index is 5.60. The van der Waals surface area contributed by atoms with E-state index in [1.54, 1.807) is 0 Å². The molecule has 0 amide bonds. The summed E-state index contributed by atoms with van der Waals surface area (Å²) >= 11 is 0. The van der Waals surface area contributed by atoms with E-state index in [1.165, 1.54) is 64.2 Å². The molecule has 2 nitrogen and oxygen atoms in total. The summed E-state index contributed by atoms with van der Waals surface area (Å²) in [6, 6.07) is 0. The van der Waals surface area contributed by atoms with Gasteiger partial charge in [0.2, 0.25) is 0 Å². The second-order valence-electron chi connectivity index (χ2n) is 7.54. The number of unbranched alkanes of at least 4 members (excludes halogenated alkanes) is 4. The lowest BCUT2D eigenvalue weighted by Gasteiger charge is -2.23. The largest absolute Gasteiger partial charge is 0.353 e. The third-order valence-electron chi connectivity index (χ3n) is 5.95. The number of rotatable bonds is 10. The minimum Gasteiger partial charge on any atom is -0.353 e. The minimum atomic E-state index is 0.100. The summed E-state index contributed by atoms with van der Waals surface area (Å²) in [7, 11) is 0. The van der Waals surface area contributed by atoms with Gasteiger partial charge in [0.25, 0.3) is 0 Å². The molecule has 2 fully saturated rings. The first-order chi connectivity index (χ1) is 10.8. The lowest BCUT2D eigenvalue weighted by atomic mass is 9.89. The van der Waals surface area contributed by atoms with Gasteiger partial charge < -0.3 is 9.47 Å². The van der Waals surface area contributed by atoms with E-state index in [-0.39, 0.29) is 6.29 Å². The monoisotopic (exact) mass is 310 g/mol. The fraction of sp³-hybridized carbons (Fsp3) is 1.00. The van der Waals surface area contributed by atoms with Crippen molar-refractivity contribution in [2.24, 2.45) is 17.8 Å². The molecule has 0 aromatic rings. The van der Waals surface area contributed by atoms with Crippen molar-refractivity contribution in [3.8, 4) is 0 Å². The zero-order valence-corrected chi connectivity index (χ0v) is 15.0. The van der Waals surface area contributed by atoms with E-state index in [2.05, 4.69) is 13.8 Å². The molecule has 0 N–H and O–H groups in total. The van der Waals surface area contributed by atoms with Gasteiger partial charge in [-0.1, -0.05) is 58.8 Å². The molecule has 1 aliphatic heterocycles. The zero-order valence-electron chi connectivity index (χ0n) is 15.0. The first kappa shape index (κ1) is 18.3. The fourth-order valence-electron chi connectivity index (χ4n) is 4.48. The molecule has 3 unspecified atom stereocenters. The maximum Gasteiger partial charge on any atom is 0.157 e. The van der Waals surface area contributed by atoms with E-state index < -0.39 is 0 Å². The predicted molar refractivity (Wildman–Crippen MR) is 92.9 cm³/mol. The Labute approximate surface area is 138 Å². The van der Waals surface area contributed by atoms with E-state index in [1.807, 2.05) is 0 Å². The molecule has 1 saturated carbocycles. The average Bonchev–Trinajstić information content (AvgIpc) is 2.97. The predicted octanol–water partition coefficient (Wildman–Crippen LogP) is 5.94. The number of ether oxygens (including phenoxy) is 2. The van der Waals surface area contributed by atoms with Gasteiger partial charge in [0.15, 0.2) is 6.29 Å². The molecule has 0 bridgehead atoms. The zero-order chi connectivity index (χ0) is 15.6. The van der Waals surface area contributed by atoms with Crippen LogP contribution in [0.25, 0.3) is 0 Å². The lowest BCUT2D eigenvalue weighted by molar-refractivity contribution is -0.181. The third-order valence-corrected chi connectivity index (χ3v) is 5.95. The van der Waals surface area contributed by atoms with Crippen LogP contribution in [0.1, 0.15) is 90.9 Å². The molecule has 2 heteroatoms. The van der Waals surface area contributed by atoms with Crippen molar-refractivity contribution < 1.29 is 9.47 Å². The van der Waals surface area contributed by atoms with Crippen LogP contribution >= 0.6 is 0 Å². The van der Waals surface area contributed by atoms with Crippen LogP contribution in [0.15, 0.2) is 0 Å². The molecule has 0 aromatic heterocycles. The Morgan fingerprint density at radius 2 is 1.36 bits per heavy atom. The Hall–Kier alpha value is -0.0800. The van der Waals surface area contributed by atoms with Crippen molar-refractivity contribution in [3.63, 3.8) is 0 Å². The maximum atomic E-state index is 5.60. The Bertz CT molecular complexity index is 273. The average molecular weight is 311 g/mol. The smallest absolute Gasteiger partial charge is 0.157 e. The van der Waals surface area contributed by atoms with Crippen LogP contribution in [-0.4, -0.2) is 19.5 Å². The van der Waals surface area contributed by atoms with Gasteiger partial charge in [-0.3, -0.25) is 0 Å². The molecule has 0 spiro atoms. The van der Waals surface area contributed by atoms with Gasteiger partial charge in [0.1, 0.15) is 0 Å². The highest BCUT2D eigenvalue weighted by molar-refractivity contribution is 4.82. The van der Waals surface area contributed by atoms with E-state index in [4.69, 9.17) is 9.47 Å². The Balaban J connectivity index is 1.45. The van der Waals surface area contributed by atoms with Gasteiger partial charge in [-0.25, -0.2) is 0 Å². The second kappa shape index (κ2) is 10.6. The summed E-state index contributed by atoms with van der Waals surface area (Å²) in [5, 5.41) is 0. The quantitative estimate of drug-likeness (QED) is 0.465. The van der Waals surface area contributed by atoms with Gasteiger partial charge in [0, 0.05) is 0 Å². The summed E-state index contributed by atoms with van der Waals surface area (Å²) in [4.78, 5) is 0. The molecule has 2 rings (SSSR count). The summed E-state index contributed by atoms with van der Waals surface area (Å²) in [5.41, 5.74) is 0. The van der Waals surface area contributed by atoms with E-state index in [0.29, 0.717) is 0 Å². The van der Waals surface area contributed by atoms with Crippen molar-refractivity contribution in [1.29, 1.82) is 0 Å². The summed E-state index contributed by atoms with van der Waals surface area (Å²) in [6.07, 6.45) is 16.5. The fourth-order valence-corrected chi connectivity index (χ4v) is 4.48. The molecule has 3 atom stereocenters. The number of hydrogen-bond acceptors (Lipinski definition) is 2. The molecule has 2 aliphatic rings. The van der Waals surface area contributed by atoms with Crippen LogP contribution < -0.4 is 0 Å². The van der Waals surface area contributed by atoms with Crippen molar-refractivity contribution in [2.45, 2.75) is 97.2 Å². The van der Waals surface area contributed by atoms with Gasteiger partial charge in [-0.05, 0) is 49.9 Å². The van der Waals surface area contributed by atoms with Gasteiger partial charge in [0.05, 0.1) is 13.2 Å². The van der Waals surface area contributed by atoms with Crippen LogP contribution in [0.4, 0.5) is 0 Å². The summed E-state index contributed by atoms with van der Waals surface area (Å²) in [6.45, 7) is 6.55. The van der Waals surface area contributed by atoms with Gasteiger partial charge in [-0.2, -0.15) is 0 Å². The van der Waals surface area contributed by atoms with Crippen molar-refractivity contribution >= 4 is 0 Å².